The maximum absolute atomic E-state index is 9.45. The maximum atomic E-state index is 9.45. The number of hydrogen-bond acceptors (Lipinski definition) is 1. The normalized spacial score (nSPS) is 34.1. The van der Waals surface area contributed by atoms with Gasteiger partial charge in [-0.2, -0.15) is 0 Å². The lowest BCUT2D eigenvalue weighted by atomic mass is 9.79. The van der Waals surface area contributed by atoms with Crippen LogP contribution < -0.4 is 0 Å². The van der Waals surface area contributed by atoms with Gasteiger partial charge in [-0.1, -0.05) is 6.42 Å². The number of rotatable bonds is 1. The summed E-state index contributed by atoms with van der Waals surface area (Å²) in [7, 11) is 0. The molecule has 0 bridgehead atoms. The van der Waals surface area contributed by atoms with E-state index >= 15 is 0 Å². The predicted octanol–water partition coefficient (Wildman–Crippen LogP) is 1.31. The summed E-state index contributed by atoms with van der Waals surface area (Å²) in [5.41, 5.74) is -0.155. The molecular formula is C7H12O. The molecule has 8 heavy (non-hydrogen) atoms. The molecule has 2 aliphatic carbocycles. The van der Waals surface area contributed by atoms with Crippen molar-refractivity contribution in [1.29, 1.82) is 0 Å². The molecule has 2 saturated carbocycles. The van der Waals surface area contributed by atoms with Crippen LogP contribution >= 0.6 is 0 Å². The number of hydrogen-bond donors (Lipinski definition) is 1. The van der Waals surface area contributed by atoms with Gasteiger partial charge in [0.2, 0.25) is 0 Å². The van der Waals surface area contributed by atoms with Crippen LogP contribution in [-0.4, -0.2) is 10.7 Å². The lowest BCUT2D eigenvalue weighted by Gasteiger charge is -2.30. The zero-order chi connectivity index (χ0) is 5.61. The SMILES string of the molecule is OC1(C2CCC2)CC1. The first-order valence-corrected chi connectivity index (χ1v) is 3.54. The van der Waals surface area contributed by atoms with Crippen LogP contribution in [0.5, 0.6) is 0 Å². The smallest absolute Gasteiger partial charge is 0.0678 e. The Morgan fingerprint density at radius 2 is 1.88 bits per heavy atom. The van der Waals surface area contributed by atoms with Crippen molar-refractivity contribution in [2.24, 2.45) is 5.92 Å². The topological polar surface area (TPSA) is 20.2 Å². The van der Waals surface area contributed by atoms with Gasteiger partial charge in [0.25, 0.3) is 0 Å². The molecule has 0 aliphatic heterocycles. The van der Waals surface area contributed by atoms with Crippen molar-refractivity contribution in [3.63, 3.8) is 0 Å². The van der Waals surface area contributed by atoms with Gasteiger partial charge in [0, 0.05) is 0 Å². The van der Waals surface area contributed by atoms with E-state index in [9.17, 15) is 5.11 Å². The molecule has 0 radical (unpaired) electrons. The molecule has 2 aliphatic rings. The molecule has 0 saturated heterocycles. The zero-order valence-corrected chi connectivity index (χ0v) is 5.06. The third-order valence-corrected chi connectivity index (χ3v) is 2.63. The van der Waals surface area contributed by atoms with Gasteiger partial charge in [0.1, 0.15) is 0 Å². The van der Waals surface area contributed by atoms with Gasteiger partial charge in [0.15, 0.2) is 0 Å². The minimum absolute atomic E-state index is 0.155. The summed E-state index contributed by atoms with van der Waals surface area (Å²) in [6.07, 6.45) is 6.09. The lowest BCUT2D eigenvalue weighted by molar-refractivity contribution is 0.0391. The fraction of sp³-hybridized carbons (Fsp3) is 1.00. The van der Waals surface area contributed by atoms with Crippen LogP contribution in [0.3, 0.4) is 0 Å². The van der Waals surface area contributed by atoms with Gasteiger partial charge in [-0.15, -0.1) is 0 Å². The van der Waals surface area contributed by atoms with Crippen LogP contribution in [0.4, 0.5) is 0 Å². The van der Waals surface area contributed by atoms with E-state index in [1.54, 1.807) is 0 Å². The lowest BCUT2D eigenvalue weighted by Crippen LogP contribution is -2.27. The zero-order valence-electron chi connectivity index (χ0n) is 5.06. The molecule has 1 nitrogen and oxygen atoms in total. The molecule has 2 fully saturated rings. The average Bonchev–Trinajstić information content (AvgIpc) is 2.12. The molecule has 46 valence electrons. The van der Waals surface area contributed by atoms with Gasteiger partial charge in [0.05, 0.1) is 5.60 Å². The Kier molecular flexibility index (Phi) is 0.762. The molecule has 0 aromatic rings. The second-order valence-corrected chi connectivity index (χ2v) is 3.23. The molecule has 0 atom stereocenters. The van der Waals surface area contributed by atoms with Crippen LogP contribution in [-0.2, 0) is 0 Å². The van der Waals surface area contributed by atoms with Crippen LogP contribution in [0.2, 0.25) is 0 Å². The average molecular weight is 112 g/mol. The Morgan fingerprint density at radius 1 is 1.25 bits per heavy atom. The highest BCUT2D eigenvalue weighted by molar-refractivity contribution is 5.01. The van der Waals surface area contributed by atoms with E-state index in [-0.39, 0.29) is 5.60 Å². The van der Waals surface area contributed by atoms with Crippen molar-refractivity contribution in [2.45, 2.75) is 37.7 Å². The summed E-state index contributed by atoms with van der Waals surface area (Å²) in [5.74, 6) is 0.697. The van der Waals surface area contributed by atoms with E-state index in [2.05, 4.69) is 0 Å². The van der Waals surface area contributed by atoms with Crippen LogP contribution in [0.1, 0.15) is 32.1 Å². The third-order valence-electron chi connectivity index (χ3n) is 2.63. The van der Waals surface area contributed by atoms with Gasteiger partial charge in [-0.25, -0.2) is 0 Å². The molecule has 0 spiro atoms. The van der Waals surface area contributed by atoms with Crippen LogP contribution in [0.15, 0.2) is 0 Å². The molecule has 2 rings (SSSR count). The highest BCUT2D eigenvalue weighted by atomic mass is 16.3. The molecule has 0 unspecified atom stereocenters. The first-order valence-electron chi connectivity index (χ1n) is 3.54. The van der Waals surface area contributed by atoms with Crippen molar-refractivity contribution in [3.8, 4) is 0 Å². The minimum atomic E-state index is -0.155. The summed E-state index contributed by atoms with van der Waals surface area (Å²) >= 11 is 0. The quantitative estimate of drug-likeness (QED) is 0.542. The van der Waals surface area contributed by atoms with Crippen LogP contribution in [0.25, 0.3) is 0 Å². The standard InChI is InChI=1S/C7H12O/c8-7(4-5-7)6-2-1-3-6/h6,8H,1-5H2. The van der Waals surface area contributed by atoms with Gasteiger partial charge in [-0.3, -0.25) is 0 Å². The molecular weight excluding hydrogens is 100 g/mol. The molecule has 0 amide bonds. The summed E-state index contributed by atoms with van der Waals surface area (Å²) in [4.78, 5) is 0. The Labute approximate surface area is 49.7 Å². The van der Waals surface area contributed by atoms with Crippen molar-refractivity contribution in [2.75, 3.05) is 0 Å². The molecule has 1 N–H and O–H groups in total. The van der Waals surface area contributed by atoms with E-state index in [1.807, 2.05) is 0 Å². The fourth-order valence-corrected chi connectivity index (χ4v) is 1.48. The predicted molar refractivity (Wildman–Crippen MR) is 31.5 cm³/mol. The van der Waals surface area contributed by atoms with E-state index < -0.39 is 0 Å². The van der Waals surface area contributed by atoms with E-state index in [0.29, 0.717) is 5.92 Å². The van der Waals surface area contributed by atoms with Crippen molar-refractivity contribution in [1.82, 2.24) is 0 Å². The first-order chi connectivity index (χ1) is 3.81. The van der Waals surface area contributed by atoms with E-state index in [0.717, 1.165) is 12.8 Å². The summed E-state index contributed by atoms with van der Waals surface area (Å²) < 4.78 is 0. The van der Waals surface area contributed by atoms with Crippen molar-refractivity contribution in [3.05, 3.63) is 0 Å². The first kappa shape index (κ1) is 4.80. The van der Waals surface area contributed by atoms with Gasteiger partial charge < -0.3 is 5.11 Å². The highest BCUT2D eigenvalue weighted by Gasteiger charge is 2.49. The Morgan fingerprint density at radius 3 is 2.00 bits per heavy atom. The highest BCUT2D eigenvalue weighted by Crippen LogP contribution is 2.50. The van der Waals surface area contributed by atoms with Crippen molar-refractivity contribution < 1.29 is 5.11 Å². The molecule has 0 aromatic heterocycles. The second kappa shape index (κ2) is 1.27. The Balaban J connectivity index is 1.95. The molecule has 0 aromatic carbocycles. The van der Waals surface area contributed by atoms with Gasteiger partial charge in [-0.05, 0) is 31.6 Å². The molecule has 0 heterocycles. The summed E-state index contributed by atoms with van der Waals surface area (Å²) in [6, 6.07) is 0. The van der Waals surface area contributed by atoms with Gasteiger partial charge >= 0.3 is 0 Å². The minimum Gasteiger partial charge on any atom is -0.390 e. The Hall–Kier alpha value is -0.0400. The number of aliphatic hydroxyl groups is 1. The Bertz CT molecular complexity index is 101. The molecule has 1 heteroatoms. The second-order valence-electron chi connectivity index (χ2n) is 3.23. The largest absolute Gasteiger partial charge is 0.390 e. The summed E-state index contributed by atoms with van der Waals surface area (Å²) in [6.45, 7) is 0. The maximum Gasteiger partial charge on any atom is 0.0678 e. The van der Waals surface area contributed by atoms with Crippen molar-refractivity contribution >= 4 is 0 Å². The third kappa shape index (κ3) is 0.510. The van der Waals surface area contributed by atoms with Crippen LogP contribution in [0, 0.1) is 5.92 Å². The van der Waals surface area contributed by atoms with E-state index in [4.69, 9.17) is 0 Å². The fourth-order valence-electron chi connectivity index (χ4n) is 1.48. The summed E-state index contributed by atoms with van der Waals surface area (Å²) in [5, 5.41) is 9.45. The van der Waals surface area contributed by atoms with E-state index in [1.165, 1.54) is 19.3 Å². The monoisotopic (exact) mass is 112 g/mol.